The lowest BCUT2D eigenvalue weighted by Crippen LogP contribution is -2.09. The molecule has 5 nitrogen and oxygen atoms in total. The molecule has 0 aliphatic heterocycles. The van der Waals surface area contributed by atoms with Gasteiger partial charge in [0.25, 0.3) is 0 Å². The summed E-state index contributed by atoms with van der Waals surface area (Å²) in [5.41, 5.74) is 3.56. The molecule has 1 N–H and O–H groups in total. The number of fused-ring (bicyclic) bond motifs is 3. The number of rotatable bonds is 3. The summed E-state index contributed by atoms with van der Waals surface area (Å²) in [5.74, 6) is 0.758. The van der Waals surface area contributed by atoms with Crippen LogP contribution in [0.25, 0.3) is 21.9 Å². The van der Waals surface area contributed by atoms with Gasteiger partial charge in [-0.15, -0.1) is 0 Å². The number of ether oxygens (including phenoxy) is 1. The summed E-state index contributed by atoms with van der Waals surface area (Å²) in [6, 6.07) is 16.1. The van der Waals surface area contributed by atoms with E-state index in [1.807, 2.05) is 36.4 Å². The second-order valence-corrected chi connectivity index (χ2v) is 5.40. The molecule has 0 saturated heterocycles. The number of aromatic amines is 1. The molecule has 0 aliphatic rings. The lowest BCUT2D eigenvalue weighted by Gasteiger charge is -2.07. The van der Waals surface area contributed by atoms with Crippen molar-refractivity contribution in [3.8, 4) is 5.75 Å². The molecule has 2 heterocycles. The Balaban J connectivity index is 2.02. The van der Waals surface area contributed by atoms with Gasteiger partial charge in [-0.25, -0.2) is 4.79 Å². The number of hydrogen-bond acceptors (Lipinski definition) is 3. The maximum atomic E-state index is 11.6. The minimum absolute atomic E-state index is 0.348. The Bertz CT molecular complexity index is 1050. The van der Waals surface area contributed by atoms with Gasteiger partial charge < -0.3 is 14.3 Å². The van der Waals surface area contributed by atoms with Crippen LogP contribution in [-0.2, 0) is 6.54 Å². The van der Waals surface area contributed by atoms with Crippen LogP contribution in [-0.4, -0.2) is 21.6 Å². The van der Waals surface area contributed by atoms with Crippen molar-refractivity contribution in [2.75, 3.05) is 7.11 Å². The maximum absolute atomic E-state index is 11.6. The average molecular weight is 305 g/mol. The number of benzene rings is 2. The quantitative estimate of drug-likeness (QED) is 0.633. The first-order valence-electron chi connectivity index (χ1n) is 7.35. The predicted octanol–water partition coefficient (Wildman–Crippen LogP) is 2.93. The fourth-order valence-corrected chi connectivity index (χ4v) is 2.94. The van der Waals surface area contributed by atoms with Crippen molar-refractivity contribution in [3.05, 3.63) is 70.8 Å². The van der Waals surface area contributed by atoms with E-state index in [4.69, 9.17) is 4.74 Å². The average Bonchev–Trinajstić information content (AvgIpc) is 2.88. The van der Waals surface area contributed by atoms with Gasteiger partial charge in [-0.05, 0) is 23.8 Å². The van der Waals surface area contributed by atoms with Crippen molar-refractivity contribution in [2.24, 2.45) is 0 Å². The van der Waals surface area contributed by atoms with Crippen LogP contribution >= 0.6 is 0 Å². The van der Waals surface area contributed by atoms with Crippen LogP contribution in [0.1, 0.15) is 5.56 Å². The van der Waals surface area contributed by atoms with Gasteiger partial charge in [0.05, 0.1) is 29.9 Å². The minimum atomic E-state index is -0.348. The first kappa shape index (κ1) is 13.6. The second-order valence-electron chi connectivity index (χ2n) is 5.40. The lowest BCUT2D eigenvalue weighted by atomic mass is 10.2. The summed E-state index contributed by atoms with van der Waals surface area (Å²) < 4.78 is 7.47. The van der Waals surface area contributed by atoms with E-state index in [9.17, 15) is 4.79 Å². The van der Waals surface area contributed by atoms with E-state index in [0.717, 1.165) is 27.7 Å². The van der Waals surface area contributed by atoms with E-state index in [1.165, 1.54) is 5.56 Å². The Morgan fingerprint density at radius 2 is 1.96 bits per heavy atom. The number of nitrogens with zero attached hydrogens (tertiary/aromatic N) is 2. The van der Waals surface area contributed by atoms with E-state index in [1.54, 1.807) is 13.3 Å². The molecule has 23 heavy (non-hydrogen) atoms. The number of methoxy groups -OCH3 is 1. The molecule has 0 amide bonds. The highest BCUT2D eigenvalue weighted by Gasteiger charge is 2.13. The SMILES string of the molecule is COc1ccc2c(c1)c1[nH]c(=O)ncc1n2Cc1ccccc1. The van der Waals surface area contributed by atoms with E-state index >= 15 is 0 Å². The Kier molecular flexibility index (Phi) is 3.12. The molecular formula is C18H15N3O2. The van der Waals surface area contributed by atoms with Gasteiger partial charge in [0.1, 0.15) is 5.75 Å². The molecule has 0 atom stereocenters. The molecule has 5 heteroatoms. The topological polar surface area (TPSA) is 59.9 Å². The van der Waals surface area contributed by atoms with Crippen molar-refractivity contribution in [1.82, 2.24) is 14.5 Å². The summed E-state index contributed by atoms with van der Waals surface area (Å²) >= 11 is 0. The molecule has 0 bridgehead atoms. The predicted molar refractivity (Wildman–Crippen MR) is 90.0 cm³/mol. The van der Waals surface area contributed by atoms with Gasteiger partial charge in [0.15, 0.2) is 0 Å². The molecule has 0 spiro atoms. The summed E-state index contributed by atoms with van der Waals surface area (Å²) in [6.45, 7) is 0.709. The Labute approximate surface area is 132 Å². The fourth-order valence-electron chi connectivity index (χ4n) is 2.94. The highest BCUT2D eigenvalue weighted by atomic mass is 16.5. The van der Waals surface area contributed by atoms with Crippen LogP contribution < -0.4 is 10.4 Å². The van der Waals surface area contributed by atoms with Crippen LogP contribution in [0.4, 0.5) is 0 Å². The summed E-state index contributed by atoms with van der Waals surface area (Å²) in [6.07, 6.45) is 1.63. The zero-order valence-electron chi connectivity index (χ0n) is 12.6. The molecular weight excluding hydrogens is 290 g/mol. The van der Waals surface area contributed by atoms with Gasteiger partial charge >= 0.3 is 5.69 Å². The smallest absolute Gasteiger partial charge is 0.345 e. The maximum Gasteiger partial charge on any atom is 0.345 e. The van der Waals surface area contributed by atoms with Gasteiger partial charge in [-0.3, -0.25) is 0 Å². The zero-order chi connectivity index (χ0) is 15.8. The summed E-state index contributed by atoms with van der Waals surface area (Å²) in [4.78, 5) is 18.4. The fraction of sp³-hybridized carbons (Fsp3) is 0.111. The van der Waals surface area contributed by atoms with E-state index in [2.05, 4.69) is 26.7 Å². The van der Waals surface area contributed by atoms with E-state index < -0.39 is 0 Å². The first-order valence-corrected chi connectivity index (χ1v) is 7.35. The molecule has 0 radical (unpaired) electrons. The highest BCUT2D eigenvalue weighted by molar-refractivity contribution is 6.05. The van der Waals surface area contributed by atoms with Crippen molar-refractivity contribution in [2.45, 2.75) is 6.54 Å². The monoisotopic (exact) mass is 305 g/mol. The minimum Gasteiger partial charge on any atom is -0.497 e. The Morgan fingerprint density at radius 3 is 2.74 bits per heavy atom. The van der Waals surface area contributed by atoms with Gasteiger partial charge in [-0.1, -0.05) is 30.3 Å². The summed E-state index contributed by atoms with van der Waals surface area (Å²) in [7, 11) is 1.63. The number of aromatic nitrogens is 3. The van der Waals surface area contributed by atoms with Crippen LogP contribution in [0.15, 0.2) is 59.5 Å². The molecule has 0 aliphatic carbocycles. The lowest BCUT2D eigenvalue weighted by molar-refractivity contribution is 0.415. The third-order valence-electron chi connectivity index (χ3n) is 4.03. The molecule has 2 aromatic carbocycles. The number of H-pyrrole nitrogens is 1. The summed E-state index contributed by atoms with van der Waals surface area (Å²) in [5, 5.41) is 0.954. The van der Waals surface area contributed by atoms with Crippen molar-refractivity contribution < 1.29 is 4.74 Å². The normalized spacial score (nSPS) is 11.2. The zero-order valence-corrected chi connectivity index (χ0v) is 12.6. The largest absolute Gasteiger partial charge is 0.497 e. The second kappa shape index (κ2) is 5.28. The van der Waals surface area contributed by atoms with Crippen LogP contribution in [0, 0.1) is 0 Å². The van der Waals surface area contributed by atoms with Crippen LogP contribution in [0.3, 0.4) is 0 Å². The third kappa shape index (κ3) is 2.26. The first-order chi connectivity index (χ1) is 11.3. The van der Waals surface area contributed by atoms with Crippen molar-refractivity contribution in [1.29, 1.82) is 0 Å². The van der Waals surface area contributed by atoms with Gasteiger partial charge in [-0.2, -0.15) is 4.98 Å². The molecule has 114 valence electrons. The van der Waals surface area contributed by atoms with Crippen LogP contribution in [0.2, 0.25) is 0 Å². The molecule has 2 aromatic heterocycles. The highest BCUT2D eigenvalue weighted by Crippen LogP contribution is 2.30. The van der Waals surface area contributed by atoms with E-state index in [-0.39, 0.29) is 5.69 Å². The molecule has 0 unspecified atom stereocenters. The molecule has 0 fully saturated rings. The molecule has 4 rings (SSSR count). The Hall–Kier alpha value is -3.08. The van der Waals surface area contributed by atoms with Gasteiger partial charge in [0.2, 0.25) is 0 Å². The van der Waals surface area contributed by atoms with Crippen molar-refractivity contribution in [3.63, 3.8) is 0 Å². The van der Waals surface area contributed by atoms with Crippen molar-refractivity contribution >= 4 is 21.9 Å². The molecule has 0 saturated carbocycles. The third-order valence-corrected chi connectivity index (χ3v) is 4.03. The molecule has 4 aromatic rings. The Morgan fingerprint density at radius 1 is 1.13 bits per heavy atom. The number of hydrogen-bond donors (Lipinski definition) is 1. The van der Waals surface area contributed by atoms with Crippen LogP contribution in [0.5, 0.6) is 5.75 Å². The van der Waals surface area contributed by atoms with Gasteiger partial charge in [0, 0.05) is 11.9 Å². The standard InChI is InChI=1S/C18H15N3O2/c1-23-13-7-8-15-14(9-13)17-16(10-19-18(22)20-17)21(15)11-12-5-3-2-4-6-12/h2-10H,11H2,1H3,(H,19,20,22). The van der Waals surface area contributed by atoms with E-state index in [0.29, 0.717) is 6.54 Å². The number of nitrogens with one attached hydrogen (secondary N) is 1.